The summed E-state index contributed by atoms with van der Waals surface area (Å²) in [7, 11) is 0. The Balaban J connectivity index is 2.69. The van der Waals surface area contributed by atoms with E-state index in [2.05, 4.69) is 14.7 Å². The highest BCUT2D eigenvalue weighted by molar-refractivity contribution is 5.41. The van der Waals surface area contributed by atoms with Gasteiger partial charge in [-0.25, -0.2) is 9.97 Å². The largest absolute Gasteiger partial charge is 0.411 e. The second-order valence-electron chi connectivity index (χ2n) is 3.56. The van der Waals surface area contributed by atoms with Crippen molar-refractivity contribution in [2.75, 3.05) is 12.3 Å². The predicted molar refractivity (Wildman–Crippen MR) is 56.3 cm³/mol. The standard InChI is InChI=1S/C10H14F3N3O/c1-3-7-6(2)9(14)16-8(15-7)4-17-5-10(11,12)13/h3-5H2,1-2H3,(H2,14,15,16). The zero-order chi connectivity index (χ0) is 13.1. The SMILES string of the molecule is CCc1nc(COCC(F)(F)F)nc(N)c1C. The molecule has 0 aromatic carbocycles. The zero-order valence-corrected chi connectivity index (χ0v) is 9.64. The van der Waals surface area contributed by atoms with Gasteiger partial charge in [0.15, 0.2) is 5.82 Å². The smallest absolute Gasteiger partial charge is 0.383 e. The number of aromatic nitrogens is 2. The molecule has 2 N–H and O–H groups in total. The molecule has 0 bridgehead atoms. The van der Waals surface area contributed by atoms with Crippen LogP contribution < -0.4 is 5.73 Å². The Morgan fingerprint density at radius 1 is 1.29 bits per heavy atom. The zero-order valence-electron chi connectivity index (χ0n) is 9.64. The first kappa shape index (κ1) is 13.7. The number of alkyl halides is 3. The molecule has 1 rings (SSSR count). The first-order valence-corrected chi connectivity index (χ1v) is 5.10. The molecule has 4 nitrogen and oxygen atoms in total. The third-order valence-corrected chi connectivity index (χ3v) is 2.16. The maximum absolute atomic E-state index is 11.9. The van der Waals surface area contributed by atoms with Crippen LogP contribution in [-0.2, 0) is 17.8 Å². The molecule has 0 amide bonds. The number of ether oxygens (including phenoxy) is 1. The molecule has 0 unspecified atom stereocenters. The highest BCUT2D eigenvalue weighted by Gasteiger charge is 2.27. The lowest BCUT2D eigenvalue weighted by molar-refractivity contribution is -0.177. The number of halogens is 3. The summed E-state index contributed by atoms with van der Waals surface area (Å²) in [6.07, 6.45) is -3.70. The van der Waals surface area contributed by atoms with Crippen molar-refractivity contribution < 1.29 is 17.9 Å². The van der Waals surface area contributed by atoms with E-state index >= 15 is 0 Å². The predicted octanol–water partition coefficient (Wildman–Crippen LogP) is 2.01. The topological polar surface area (TPSA) is 61.0 Å². The molecule has 1 aromatic heterocycles. The van der Waals surface area contributed by atoms with Gasteiger partial charge in [-0.1, -0.05) is 6.92 Å². The number of nitrogens with two attached hydrogens (primary N) is 1. The summed E-state index contributed by atoms with van der Waals surface area (Å²) in [4.78, 5) is 7.96. The minimum atomic E-state index is -4.34. The molecule has 0 aliphatic rings. The molecule has 0 radical (unpaired) electrons. The Kier molecular flexibility index (Phi) is 4.28. The van der Waals surface area contributed by atoms with Crippen LogP contribution in [0.25, 0.3) is 0 Å². The number of anilines is 1. The summed E-state index contributed by atoms with van der Waals surface area (Å²) in [6, 6.07) is 0. The molecule has 0 saturated heterocycles. The van der Waals surface area contributed by atoms with E-state index in [0.717, 1.165) is 11.3 Å². The Labute approximate surface area is 97.0 Å². The third-order valence-electron chi connectivity index (χ3n) is 2.16. The van der Waals surface area contributed by atoms with Crippen molar-refractivity contribution in [2.45, 2.75) is 33.1 Å². The molecule has 0 fully saturated rings. The number of aryl methyl sites for hydroxylation is 1. The van der Waals surface area contributed by atoms with Crippen molar-refractivity contribution in [1.82, 2.24) is 9.97 Å². The summed E-state index contributed by atoms with van der Waals surface area (Å²) in [5.74, 6) is 0.455. The molecule has 0 aliphatic heterocycles. The van der Waals surface area contributed by atoms with E-state index in [-0.39, 0.29) is 18.2 Å². The number of hydrogen-bond acceptors (Lipinski definition) is 4. The molecule has 0 atom stereocenters. The minimum absolute atomic E-state index is 0.175. The van der Waals surface area contributed by atoms with Crippen molar-refractivity contribution in [2.24, 2.45) is 0 Å². The fourth-order valence-electron chi connectivity index (χ4n) is 1.30. The average Bonchev–Trinajstić information content (AvgIpc) is 2.21. The molecule has 0 saturated carbocycles. The Morgan fingerprint density at radius 2 is 1.94 bits per heavy atom. The molecule has 96 valence electrons. The van der Waals surface area contributed by atoms with E-state index in [1.54, 1.807) is 6.92 Å². The summed E-state index contributed by atoms with van der Waals surface area (Å²) in [5.41, 5.74) is 7.11. The number of nitrogens with zero attached hydrogens (tertiary/aromatic N) is 2. The number of rotatable bonds is 4. The first-order valence-electron chi connectivity index (χ1n) is 5.10. The van der Waals surface area contributed by atoms with E-state index in [0.29, 0.717) is 6.42 Å². The highest BCUT2D eigenvalue weighted by Crippen LogP contribution is 2.16. The Morgan fingerprint density at radius 3 is 2.47 bits per heavy atom. The third kappa shape index (κ3) is 4.18. The summed E-state index contributed by atoms with van der Waals surface area (Å²) >= 11 is 0. The molecule has 17 heavy (non-hydrogen) atoms. The van der Waals surface area contributed by atoms with Crippen LogP contribution in [0.2, 0.25) is 0 Å². The van der Waals surface area contributed by atoms with Crippen LogP contribution in [0.4, 0.5) is 19.0 Å². The van der Waals surface area contributed by atoms with Gasteiger partial charge in [-0.15, -0.1) is 0 Å². The lowest BCUT2D eigenvalue weighted by Crippen LogP contribution is -2.18. The van der Waals surface area contributed by atoms with Crippen LogP contribution in [0.15, 0.2) is 0 Å². The van der Waals surface area contributed by atoms with Crippen molar-refractivity contribution in [3.8, 4) is 0 Å². The van der Waals surface area contributed by atoms with E-state index in [4.69, 9.17) is 5.73 Å². The maximum atomic E-state index is 11.9. The lowest BCUT2D eigenvalue weighted by Gasteiger charge is -2.10. The van der Waals surface area contributed by atoms with Crippen LogP contribution in [0.1, 0.15) is 24.0 Å². The fraction of sp³-hybridized carbons (Fsp3) is 0.600. The molecular weight excluding hydrogens is 235 g/mol. The van der Waals surface area contributed by atoms with Crippen molar-refractivity contribution >= 4 is 5.82 Å². The average molecular weight is 249 g/mol. The van der Waals surface area contributed by atoms with Gasteiger partial charge in [0, 0.05) is 11.3 Å². The van der Waals surface area contributed by atoms with Gasteiger partial charge in [0.25, 0.3) is 0 Å². The van der Waals surface area contributed by atoms with Gasteiger partial charge in [0.2, 0.25) is 0 Å². The van der Waals surface area contributed by atoms with E-state index in [9.17, 15) is 13.2 Å². The van der Waals surface area contributed by atoms with Crippen LogP contribution >= 0.6 is 0 Å². The molecule has 7 heteroatoms. The van der Waals surface area contributed by atoms with Gasteiger partial charge in [0.1, 0.15) is 19.0 Å². The normalized spacial score (nSPS) is 11.8. The van der Waals surface area contributed by atoms with Crippen molar-refractivity contribution in [1.29, 1.82) is 0 Å². The minimum Gasteiger partial charge on any atom is -0.383 e. The van der Waals surface area contributed by atoms with Gasteiger partial charge in [0.05, 0.1) is 0 Å². The second kappa shape index (κ2) is 5.31. The van der Waals surface area contributed by atoms with Gasteiger partial charge >= 0.3 is 6.18 Å². The number of nitrogen functional groups attached to an aromatic ring is 1. The van der Waals surface area contributed by atoms with E-state index < -0.39 is 12.8 Å². The van der Waals surface area contributed by atoms with Crippen LogP contribution in [-0.4, -0.2) is 22.8 Å². The van der Waals surface area contributed by atoms with Crippen molar-refractivity contribution in [3.05, 3.63) is 17.1 Å². The summed E-state index contributed by atoms with van der Waals surface area (Å²) in [6.45, 7) is 2.05. The first-order chi connectivity index (χ1) is 7.83. The molecule has 1 aromatic rings. The van der Waals surface area contributed by atoms with Gasteiger partial charge in [-0.05, 0) is 13.3 Å². The van der Waals surface area contributed by atoms with Crippen LogP contribution in [0.3, 0.4) is 0 Å². The van der Waals surface area contributed by atoms with Crippen LogP contribution in [0, 0.1) is 6.92 Å². The maximum Gasteiger partial charge on any atom is 0.411 e. The van der Waals surface area contributed by atoms with Gasteiger partial charge in [-0.2, -0.15) is 13.2 Å². The van der Waals surface area contributed by atoms with Crippen molar-refractivity contribution in [3.63, 3.8) is 0 Å². The molecular formula is C10H14F3N3O. The quantitative estimate of drug-likeness (QED) is 0.886. The Hall–Kier alpha value is -1.37. The highest BCUT2D eigenvalue weighted by atomic mass is 19.4. The summed E-state index contributed by atoms with van der Waals surface area (Å²) < 4.78 is 40.0. The van der Waals surface area contributed by atoms with E-state index in [1.807, 2.05) is 6.92 Å². The molecule has 1 heterocycles. The van der Waals surface area contributed by atoms with Gasteiger partial charge in [-0.3, -0.25) is 0 Å². The fourth-order valence-corrected chi connectivity index (χ4v) is 1.30. The second-order valence-corrected chi connectivity index (χ2v) is 3.56. The lowest BCUT2D eigenvalue weighted by atomic mass is 10.2. The monoisotopic (exact) mass is 249 g/mol. The van der Waals surface area contributed by atoms with Crippen LogP contribution in [0.5, 0.6) is 0 Å². The van der Waals surface area contributed by atoms with E-state index in [1.165, 1.54) is 0 Å². The number of hydrogen-bond donors (Lipinski definition) is 1. The molecule has 0 spiro atoms. The van der Waals surface area contributed by atoms with Gasteiger partial charge < -0.3 is 10.5 Å². The Bertz CT molecular complexity index is 393. The molecule has 0 aliphatic carbocycles. The summed E-state index contributed by atoms with van der Waals surface area (Å²) in [5, 5.41) is 0.